The standard InChI is InChI=1S/C23H28N4O6/c1-15(2)12-20(26-23(30)33-14-17-6-4-3-5-7-17)22(29)25-19(21(24)28)13-16-8-10-18(11-9-16)27(31)32/h3-11,15,19-20H,12-14H2,1-2H3,(H2,24,28)(H,25,29)(H,26,30)/t19-,20+/m1/s1. The molecule has 0 aliphatic rings. The van der Waals surface area contributed by atoms with Gasteiger partial charge in [0.05, 0.1) is 4.92 Å². The molecule has 33 heavy (non-hydrogen) atoms. The second-order valence-corrected chi connectivity index (χ2v) is 7.98. The number of nitro benzene ring substituents is 1. The molecule has 0 saturated carbocycles. The number of non-ortho nitro benzene ring substituents is 1. The van der Waals surface area contributed by atoms with Gasteiger partial charge in [-0.1, -0.05) is 56.3 Å². The number of alkyl carbamates (subject to hydrolysis) is 1. The zero-order chi connectivity index (χ0) is 24.4. The van der Waals surface area contributed by atoms with E-state index in [1.165, 1.54) is 24.3 Å². The van der Waals surface area contributed by atoms with E-state index in [-0.39, 0.29) is 24.6 Å². The minimum absolute atomic E-state index is 0.0475. The summed E-state index contributed by atoms with van der Waals surface area (Å²) < 4.78 is 5.19. The normalized spacial score (nSPS) is 12.5. The van der Waals surface area contributed by atoms with E-state index in [4.69, 9.17) is 10.5 Å². The van der Waals surface area contributed by atoms with Gasteiger partial charge in [0, 0.05) is 18.6 Å². The minimum Gasteiger partial charge on any atom is -0.445 e. The van der Waals surface area contributed by atoms with Gasteiger partial charge in [0.25, 0.3) is 5.69 Å². The maximum atomic E-state index is 12.9. The van der Waals surface area contributed by atoms with Crippen molar-refractivity contribution in [3.63, 3.8) is 0 Å². The van der Waals surface area contributed by atoms with Gasteiger partial charge in [-0.3, -0.25) is 19.7 Å². The van der Waals surface area contributed by atoms with E-state index >= 15 is 0 Å². The summed E-state index contributed by atoms with van der Waals surface area (Å²) in [6.45, 7) is 3.83. The monoisotopic (exact) mass is 456 g/mol. The fourth-order valence-electron chi connectivity index (χ4n) is 3.09. The van der Waals surface area contributed by atoms with Crippen LogP contribution in [-0.4, -0.2) is 34.9 Å². The van der Waals surface area contributed by atoms with Crippen LogP contribution in [-0.2, 0) is 27.4 Å². The number of ether oxygens (including phenoxy) is 1. The molecule has 2 aromatic rings. The smallest absolute Gasteiger partial charge is 0.408 e. The SMILES string of the molecule is CC(C)C[C@H](NC(=O)OCc1ccccc1)C(=O)N[C@H](Cc1ccc([N+](=O)[O-])cc1)C(N)=O. The number of primary amides is 1. The zero-order valence-corrected chi connectivity index (χ0v) is 18.5. The fourth-order valence-corrected chi connectivity index (χ4v) is 3.09. The summed E-state index contributed by atoms with van der Waals surface area (Å²) in [7, 11) is 0. The van der Waals surface area contributed by atoms with Gasteiger partial charge in [-0.15, -0.1) is 0 Å². The van der Waals surface area contributed by atoms with E-state index < -0.39 is 34.9 Å². The molecule has 0 unspecified atom stereocenters. The number of amides is 3. The number of carbonyl (C=O) groups is 3. The Bertz CT molecular complexity index is 963. The summed E-state index contributed by atoms with van der Waals surface area (Å²) in [5.74, 6) is -1.28. The van der Waals surface area contributed by atoms with Crippen LogP contribution < -0.4 is 16.4 Å². The van der Waals surface area contributed by atoms with Crippen molar-refractivity contribution < 1.29 is 24.0 Å². The summed E-state index contributed by atoms with van der Waals surface area (Å²) in [4.78, 5) is 47.3. The van der Waals surface area contributed by atoms with Crippen LogP contribution in [0.1, 0.15) is 31.4 Å². The topological polar surface area (TPSA) is 154 Å². The summed E-state index contributed by atoms with van der Waals surface area (Å²) >= 11 is 0. The number of hydrogen-bond donors (Lipinski definition) is 3. The van der Waals surface area contributed by atoms with E-state index in [2.05, 4.69) is 10.6 Å². The second-order valence-electron chi connectivity index (χ2n) is 7.98. The molecule has 0 aliphatic heterocycles. The highest BCUT2D eigenvalue weighted by molar-refractivity contribution is 5.90. The molecule has 0 spiro atoms. The van der Waals surface area contributed by atoms with Gasteiger partial charge in [-0.25, -0.2) is 4.79 Å². The van der Waals surface area contributed by atoms with E-state index in [9.17, 15) is 24.5 Å². The van der Waals surface area contributed by atoms with Gasteiger partial charge in [0.1, 0.15) is 18.7 Å². The van der Waals surface area contributed by atoms with Crippen molar-refractivity contribution in [2.24, 2.45) is 11.7 Å². The highest BCUT2D eigenvalue weighted by Gasteiger charge is 2.27. The molecule has 0 heterocycles. The van der Waals surface area contributed by atoms with Gasteiger partial charge in [-0.05, 0) is 23.5 Å². The molecule has 0 saturated heterocycles. The molecule has 4 N–H and O–H groups in total. The fraction of sp³-hybridized carbons (Fsp3) is 0.348. The average molecular weight is 456 g/mol. The highest BCUT2D eigenvalue weighted by atomic mass is 16.6. The molecule has 2 rings (SSSR count). The van der Waals surface area contributed by atoms with Gasteiger partial charge in [-0.2, -0.15) is 0 Å². The lowest BCUT2D eigenvalue weighted by atomic mass is 10.0. The van der Waals surface area contributed by atoms with Crippen LogP contribution in [0.15, 0.2) is 54.6 Å². The molecule has 2 aromatic carbocycles. The Hall–Kier alpha value is -3.95. The third-order valence-electron chi connectivity index (χ3n) is 4.78. The number of carbonyl (C=O) groups excluding carboxylic acids is 3. The van der Waals surface area contributed by atoms with Crippen molar-refractivity contribution >= 4 is 23.6 Å². The van der Waals surface area contributed by atoms with Crippen molar-refractivity contribution in [3.05, 3.63) is 75.8 Å². The number of nitrogens with zero attached hydrogens (tertiary/aromatic N) is 1. The number of rotatable bonds is 11. The third kappa shape index (κ3) is 8.60. The first-order valence-electron chi connectivity index (χ1n) is 10.5. The maximum absolute atomic E-state index is 12.9. The van der Waals surface area contributed by atoms with Crippen molar-refractivity contribution in [2.45, 2.75) is 45.4 Å². The lowest BCUT2D eigenvalue weighted by Crippen LogP contribution is -2.54. The van der Waals surface area contributed by atoms with Crippen LogP contribution in [0, 0.1) is 16.0 Å². The predicted molar refractivity (Wildman–Crippen MR) is 121 cm³/mol. The maximum Gasteiger partial charge on any atom is 0.408 e. The summed E-state index contributed by atoms with van der Waals surface area (Å²) in [5.41, 5.74) is 6.75. The predicted octanol–water partition coefficient (Wildman–Crippen LogP) is 2.45. The average Bonchev–Trinajstić information content (AvgIpc) is 2.77. The van der Waals surface area contributed by atoms with E-state index in [1.807, 2.05) is 32.0 Å². The molecule has 0 aromatic heterocycles. The third-order valence-corrected chi connectivity index (χ3v) is 4.78. The largest absolute Gasteiger partial charge is 0.445 e. The Labute approximate surface area is 191 Å². The van der Waals surface area contributed by atoms with E-state index in [1.54, 1.807) is 12.1 Å². The van der Waals surface area contributed by atoms with Gasteiger partial charge in [0.2, 0.25) is 11.8 Å². The van der Waals surface area contributed by atoms with Crippen molar-refractivity contribution in [3.8, 4) is 0 Å². The molecule has 10 nitrogen and oxygen atoms in total. The Balaban J connectivity index is 2.01. The van der Waals surface area contributed by atoms with Gasteiger partial charge >= 0.3 is 6.09 Å². The van der Waals surface area contributed by atoms with Crippen molar-refractivity contribution in [1.82, 2.24) is 10.6 Å². The number of nitrogens with two attached hydrogens (primary N) is 1. The first-order valence-corrected chi connectivity index (χ1v) is 10.5. The molecular weight excluding hydrogens is 428 g/mol. The number of nitrogens with one attached hydrogen (secondary N) is 2. The lowest BCUT2D eigenvalue weighted by Gasteiger charge is -2.23. The van der Waals surface area contributed by atoms with Gasteiger partial charge < -0.3 is 21.1 Å². The molecule has 0 fully saturated rings. The summed E-state index contributed by atoms with van der Waals surface area (Å²) in [6.07, 6.45) is -0.396. The zero-order valence-electron chi connectivity index (χ0n) is 18.5. The Morgan fingerprint density at radius 2 is 1.61 bits per heavy atom. The molecule has 3 amide bonds. The van der Waals surface area contributed by atoms with Crippen molar-refractivity contribution in [2.75, 3.05) is 0 Å². The first-order chi connectivity index (χ1) is 15.7. The Kier molecular flexibility index (Phi) is 9.34. The molecule has 0 radical (unpaired) electrons. The molecule has 2 atom stereocenters. The van der Waals surface area contributed by atoms with Crippen LogP contribution in [0.5, 0.6) is 0 Å². The Morgan fingerprint density at radius 3 is 2.15 bits per heavy atom. The quantitative estimate of drug-likeness (QED) is 0.349. The number of nitro groups is 1. The van der Waals surface area contributed by atoms with E-state index in [0.717, 1.165) is 5.56 Å². The lowest BCUT2D eigenvalue weighted by molar-refractivity contribution is -0.384. The summed E-state index contributed by atoms with van der Waals surface area (Å²) in [6, 6.07) is 12.7. The molecule has 176 valence electrons. The van der Waals surface area contributed by atoms with Crippen LogP contribution in [0.4, 0.5) is 10.5 Å². The molecule has 10 heteroatoms. The highest BCUT2D eigenvalue weighted by Crippen LogP contribution is 2.14. The van der Waals surface area contributed by atoms with Crippen LogP contribution in [0.25, 0.3) is 0 Å². The van der Waals surface area contributed by atoms with Gasteiger partial charge in [0.15, 0.2) is 0 Å². The molecule has 0 aliphatic carbocycles. The number of hydrogen-bond acceptors (Lipinski definition) is 6. The first kappa shape index (κ1) is 25.3. The van der Waals surface area contributed by atoms with Crippen LogP contribution >= 0.6 is 0 Å². The minimum atomic E-state index is -1.06. The van der Waals surface area contributed by atoms with Crippen LogP contribution in [0.3, 0.4) is 0 Å². The second kappa shape index (κ2) is 12.2. The number of benzene rings is 2. The summed E-state index contributed by atoms with van der Waals surface area (Å²) in [5, 5.41) is 15.9. The van der Waals surface area contributed by atoms with Crippen LogP contribution in [0.2, 0.25) is 0 Å². The molecular formula is C23H28N4O6. The Morgan fingerprint density at radius 1 is 0.970 bits per heavy atom. The molecule has 0 bridgehead atoms. The van der Waals surface area contributed by atoms with Crippen molar-refractivity contribution in [1.29, 1.82) is 0 Å². The van der Waals surface area contributed by atoms with E-state index in [0.29, 0.717) is 12.0 Å².